The predicted molar refractivity (Wildman–Crippen MR) is 96.5 cm³/mol. The van der Waals surface area contributed by atoms with Gasteiger partial charge in [-0.25, -0.2) is 0 Å². The lowest BCUT2D eigenvalue weighted by atomic mass is 10.0. The SMILES string of the molecule is C[C@H]1c2cccn2CCN1C(=O)[C@@H]1CC(=O)N(c2cccc(Cl)c2)C1. The molecule has 1 saturated heterocycles. The van der Waals surface area contributed by atoms with Crippen molar-refractivity contribution in [3.8, 4) is 0 Å². The highest BCUT2D eigenvalue weighted by Gasteiger charge is 2.39. The number of fused-ring (bicyclic) bond motifs is 1. The van der Waals surface area contributed by atoms with E-state index in [1.807, 2.05) is 29.3 Å². The number of aromatic nitrogens is 1. The van der Waals surface area contributed by atoms with Gasteiger partial charge in [-0.1, -0.05) is 17.7 Å². The van der Waals surface area contributed by atoms with Gasteiger partial charge in [-0.15, -0.1) is 0 Å². The Kier molecular flexibility index (Phi) is 4.04. The fraction of sp³-hybridized carbons (Fsp3) is 0.368. The molecular formula is C19H20ClN3O2. The summed E-state index contributed by atoms with van der Waals surface area (Å²) in [5.74, 6) is -0.248. The first-order chi connectivity index (χ1) is 12.0. The van der Waals surface area contributed by atoms with E-state index in [1.54, 1.807) is 17.0 Å². The van der Waals surface area contributed by atoms with E-state index in [-0.39, 0.29) is 30.2 Å². The second-order valence-corrected chi connectivity index (χ2v) is 7.16. The standard InChI is InChI=1S/C19H20ClN3O2/c1-13-17-6-3-7-21(17)8-9-22(13)19(25)14-10-18(24)23(12-14)16-5-2-4-15(20)11-16/h2-7,11,13-14H,8-10,12H2,1H3/t13-,14+/m0/s1. The maximum Gasteiger partial charge on any atom is 0.228 e. The van der Waals surface area contributed by atoms with Gasteiger partial charge in [0.15, 0.2) is 0 Å². The summed E-state index contributed by atoms with van der Waals surface area (Å²) in [6, 6.07) is 11.3. The zero-order valence-electron chi connectivity index (χ0n) is 14.1. The Morgan fingerprint density at radius 1 is 1.20 bits per heavy atom. The van der Waals surface area contributed by atoms with E-state index in [4.69, 9.17) is 11.6 Å². The first kappa shape index (κ1) is 16.2. The monoisotopic (exact) mass is 357 g/mol. The molecule has 0 N–H and O–H groups in total. The molecule has 0 spiro atoms. The van der Waals surface area contributed by atoms with E-state index in [0.717, 1.165) is 17.9 Å². The molecule has 0 unspecified atom stereocenters. The molecule has 2 aromatic rings. The van der Waals surface area contributed by atoms with Crippen LogP contribution in [0.2, 0.25) is 5.02 Å². The predicted octanol–water partition coefficient (Wildman–Crippen LogP) is 3.10. The second-order valence-electron chi connectivity index (χ2n) is 6.72. The molecule has 2 amide bonds. The lowest BCUT2D eigenvalue weighted by Crippen LogP contribution is -2.44. The molecule has 1 aromatic carbocycles. The number of benzene rings is 1. The largest absolute Gasteiger partial charge is 0.348 e. The number of anilines is 1. The summed E-state index contributed by atoms with van der Waals surface area (Å²) < 4.78 is 2.19. The zero-order chi connectivity index (χ0) is 17.6. The van der Waals surface area contributed by atoms with E-state index >= 15 is 0 Å². The summed E-state index contributed by atoms with van der Waals surface area (Å²) in [7, 11) is 0. The van der Waals surface area contributed by atoms with Gasteiger partial charge >= 0.3 is 0 Å². The molecule has 1 fully saturated rings. The van der Waals surface area contributed by atoms with Gasteiger partial charge in [0, 0.05) is 48.7 Å². The normalized spacial score (nSPS) is 23.0. The molecule has 25 heavy (non-hydrogen) atoms. The molecule has 6 heteroatoms. The van der Waals surface area contributed by atoms with Crippen LogP contribution in [-0.2, 0) is 16.1 Å². The van der Waals surface area contributed by atoms with Gasteiger partial charge in [0.2, 0.25) is 11.8 Å². The maximum absolute atomic E-state index is 13.0. The Hall–Kier alpha value is -2.27. The zero-order valence-corrected chi connectivity index (χ0v) is 14.8. The van der Waals surface area contributed by atoms with Crippen LogP contribution in [0, 0.1) is 5.92 Å². The van der Waals surface area contributed by atoms with Crippen molar-refractivity contribution in [2.75, 3.05) is 18.0 Å². The smallest absolute Gasteiger partial charge is 0.228 e. The first-order valence-electron chi connectivity index (χ1n) is 8.56. The van der Waals surface area contributed by atoms with Crippen LogP contribution in [0.25, 0.3) is 0 Å². The first-order valence-corrected chi connectivity index (χ1v) is 8.94. The van der Waals surface area contributed by atoms with Crippen LogP contribution >= 0.6 is 11.6 Å². The minimum atomic E-state index is -0.296. The van der Waals surface area contributed by atoms with E-state index in [0.29, 0.717) is 18.1 Å². The number of hydrogen-bond donors (Lipinski definition) is 0. The van der Waals surface area contributed by atoms with Crippen LogP contribution in [0.5, 0.6) is 0 Å². The number of carbonyl (C=O) groups excluding carboxylic acids is 2. The topological polar surface area (TPSA) is 45.6 Å². The van der Waals surface area contributed by atoms with Crippen LogP contribution in [-0.4, -0.2) is 34.4 Å². The highest BCUT2D eigenvalue weighted by molar-refractivity contribution is 6.31. The van der Waals surface area contributed by atoms with Gasteiger partial charge in [-0.3, -0.25) is 9.59 Å². The van der Waals surface area contributed by atoms with Gasteiger partial charge in [0.1, 0.15) is 0 Å². The van der Waals surface area contributed by atoms with Crippen LogP contribution in [0.4, 0.5) is 5.69 Å². The van der Waals surface area contributed by atoms with Gasteiger partial charge in [0.25, 0.3) is 0 Å². The number of carbonyl (C=O) groups is 2. The Bertz CT molecular complexity index is 832. The average molecular weight is 358 g/mol. The fourth-order valence-electron chi connectivity index (χ4n) is 3.88. The maximum atomic E-state index is 13.0. The van der Waals surface area contributed by atoms with Crippen LogP contribution < -0.4 is 4.90 Å². The van der Waals surface area contributed by atoms with Crippen LogP contribution in [0.1, 0.15) is 25.1 Å². The van der Waals surface area contributed by atoms with Crippen molar-refractivity contribution in [1.82, 2.24) is 9.47 Å². The van der Waals surface area contributed by atoms with E-state index in [2.05, 4.69) is 17.6 Å². The minimum Gasteiger partial charge on any atom is -0.348 e. The summed E-state index contributed by atoms with van der Waals surface area (Å²) in [6.45, 7) is 3.96. The summed E-state index contributed by atoms with van der Waals surface area (Å²) in [5.41, 5.74) is 1.91. The molecule has 5 nitrogen and oxygen atoms in total. The van der Waals surface area contributed by atoms with Gasteiger partial charge < -0.3 is 14.4 Å². The lowest BCUT2D eigenvalue weighted by Gasteiger charge is -2.36. The summed E-state index contributed by atoms with van der Waals surface area (Å²) in [6.07, 6.45) is 2.31. The fourth-order valence-corrected chi connectivity index (χ4v) is 4.07. The molecule has 0 saturated carbocycles. The lowest BCUT2D eigenvalue weighted by molar-refractivity contribution is -0.139. The van der Waals surface area contributed by atoms with Crippen molar-refractivity contribution in [3.05, 3.63) is 53.3 Å². The average Bonchev–Trinajstić information content (AvgIpc) is 3.21. The van der Waals surface area contributed by atoms with Gasteiger partial charge in [-0.2, -0.15) is 0 Å². The Labute approximate surface area is 151 Å². The van der Waals surface area contributed by atoms with Crippen LogP contribution in [0.3, 0.4) is 0 Å². The van der Waals surface area contributed by atoms with Gasteiger partial charge in [-0.05, 0) is 37.3 Å². The Morgan fingerprint density at radius 2 is 2.04 bits per heavy atom. The minimum absolute atomic E-state index is 0.0198. The third-order valence-electron chi connectivity index (χ3n) is 5.22. The molecule has 2 aliphatic heterocycles. The molecule has 0 aliphatic carbocycles. The summed E-state index contributed by atoms with van der Waals surface area (Å²) in [4.78, 5) is 29.1. The highest BCUT2D eigenvalue weighted by atomic mass is 35.5. The number of rotatable bonds is 2. The molecule has 0 radical (unpaired) electrons. The van der Waals surface area contributed by atoms with Crippen molar-refractivity contribution in [3.63, 3.8) is 0 Å². The third-order valence-corrected chi connectivity index (χ3v) is 5.45. The molecule has 3 heterocycles. The van der Waals surface area contributed by atoms with Crippen molar-refractivity contribution in [2.45, 2.75) is 25.9 Å². The molecule has 2 atom stereocenters. The number of hydrogen-bond acceptors (Lipinski definition) is 2. The number of halogens is 1. The summed E-state index contributed by atoms with van der Waals surface area (Å²) >= 11 is 6.03. The Balaban J connectivity index is 1.51. The van der Waals surface area contributed by atoms with E-state index in [1.165, 1.54) is 0 Å². The molecule has 1 aromatic heterocycles. The quantitative estimate of drug-likeness (QED) is 0.829. The van der Waals surface area contributed by atoms with Gasteiger partial charge in [0.05, 0.1) is 12.0 Å². The van der Waals surface area contributed by atoms with E-state index < -0.39 is 0 Å². The number of nitrogens with zero attached hydrogens (tertiary/aromatic N) is 3. The van der Waals surface area contributed by atoms with Crippen LogP contribution in [0.15, 0.2) is 42.6 Å². The van der Waals surface area contributed by atoms with Crippen molar-refractivity contribution in [2.24, 2.45) is 5.92 Å². The van der Waals surface area contributed by atoms with E-state index in [9.17, 15) is 9.59 Å². The Morgan fingerprint density at radius 3 is 2.84 bits per heavy atom. The third kappa shape index (κ3) is 2.82. The van der Waals surface area contributed by atoms with Crippen molar-refractivity contribution >= 4 is 29.1 Å². The second kappa shape index (κ2) is 6.23. The van der Waals surface area contributed by atoms with Crippen molar-refractivity contribution in [1.29, 1.82) is 0 Å². The highest BCUT2D eigenvalue weighted by Crippen LogP contribution is 2.32. The van der Waals surface area contributed by atoms with Crippen molar-refractivity contribution < 1.29 is 9.59 Å². The molecule has 4 rings (SSSR count). The molecular weight excluding hydrogens is 338 g/mol. The molecule has 0 bridgehead atoms. The number of amides is 2. The molecule has 2 aliphatic rings. The molecule has 130 valence electrons. The summed E-state index contributed by atoms with van der Waals surface area (Å²) in [5, 5.41) is 0.588.